The summed E-state index contributed by atoms with van der Waals surface area (Å²) in [6, 6.07) is 4.27. The SMILES string of the molecule is COc1ccc(C(=O)N2CCCC2(C)CN)cc1F. The summed E-state index contributed by atoms with van der Waals surface area (Å²) < 4.78 is 18.5. The lowest BCUT2D eigenvalue weighted by atomic mass is 9.98. The predicted octanol–water partition coefficient (Wildman–Crippen LogP) is 1.79. The van der Waals surface area contributed by atoms with E-state index in [1.54, 1.807) is 11.0 Å². The van der Waals surface area contributed by atoms with Gasteiger partial charge in [0.15, 0.2) is 11.6 Å². The first-order chi connectivity index (χ1) is 9.01. The van der Waals surface area contributed by atoms with Gasteiger partial charge >= 0.3 is 0 Å². The van der Waals surface area contributed by atoms with Crippen LogP contribution in [-0.4, -0.2) is 36.5 Å². The Morgan fingerprint density at radius 1 is 1.58 bits per heavy atom. The molecule has 4 nitrogen and oxygen atoms in total. The zero-order chi connectivity index (χ0) is 14.0. The number of halogens is 1. The fourth-order valence-electron chi connectivity index (χ4n) is 2.54. The van der Waals surface area contributed by atoms with Gasteiger partial charge in [-0.25, -0.2) is 4.39 Å². The predicted molar refractivity (Wildman–Crippen MR) is 70.7 cm³/mol. The number of methoxy groups -OCH3 is 1. The summed E-state index contributed by atoms with van der Waals surface area (Å²) in [6.07, 6.45) is 1.81. The molecule has 5 heteroatoms. The normalized spacial score (nSPS) is 22.6. The zero-order valence-corrected chi connectivity index (χ0v) is 11.3. The molecular weight excluding hydrogens is 247 g/mol. The van der Waals surface area contributed by atoms with E-state index in [1.165, 1.54) is 19.2 Å². The highest BCUT2D eigenvalue weighted by molar-refractivity contribution is 5.95. The van der Waals surface area contributed by atoms with Crippen LogP contribution in [0.5, 0.6) is 5.75 Å². The Hall–Kier alpha value is -1.62. The van der Waals surface area contributed by atoms with Crippen molar-refractivity contribution in [1.82, 2.24) is 4.90 Å². The van der Waals surface area contributed by atoms with E-state index in [-0.39, 0.29) is 17.2 Å². The Labute approximate surface area is 112 Å². The van der Waals surface area contributed by atoms with Gasteiger partial charge in [-0.1, -0.05) is 0 Å². The fraction of sp³-hybridized carbons (Fsp3) is 0.500. The highest BCUT2D eigenvalue weighted by Crippen LogP contribution is 2.30. The molecule has 1 aromatic rings. The van der Waals surface area contributed by atoms with Gasteiger partial charge in [0.1, 0.15) is 0 Å². The Morgan fingerprint density at radius 3 is 2.89 bits per heavy atom. The molecule has 0 aliphatic carbocycles. The highest BCUT2D eigenvalue weighted by atomic mass is 19.1. The number of carbonyl (C=O) groups is 1. The molecule has 1 aliphatic rings. The molecule has 1 unspecified atom stereocenters. The molecule has 1 heterocycles. The summed E-state index contributed by atoms with van der Waals surface area (Å²) in [5.74, 6) is -0.562. The Balaban J connectivity index is 2.27. The molecular formula is C14H19FN2O2. The van der Waals surface area contributed by atoms with E-state index in [4.69, 9.17) is 10.5 Å². The second-order valence-electron chi connectivity index (χ2n) is 5.11. The largest absolute Gasteiger partial charge is 0.494 e. The number of rotatable bonds is 3. The van der Waals surface area contributed by atoms with Gasteiger partial charge in [0.05, 0.1) is 12.6 Å². The second kappa shape index (κ2) is 5.17. The third kappa shape index (κ3) is 2.42. The summed E-state index contributed by atoms with van der Waals surface area (Å²) in [5.41, 5.74) is 5.77. The number of nitrogens with zero attached hydrogens (tertiary/aromatic N) is 1. The number of amides is 1. The molecule has 1 aromatic carbocycles. The van der Waals surface area contributed by atoms with Crippen molar-refractivity contribution in [2.45, 2.75) is 25.3 Å². The smallest absolute Gasteiger partial charge is 0.254 e. The Kier molecular flexibility index (Phi) is 3.75. The van der Waals surface area contributed by atoms with Crippen LogP contribution in [0.2, 0.25) is 0 Å². The highest BCUT2D eigenvalue weighted by Gasteiger charge is 2.38. The van der Waals surface area contributed by atoms with Crippen molar-refractivity contribution < 1.29 is 13.9 Å². The van der Waals surface area contributed by atoms with E-state index >= 15 is 0 Å². The zero-order valence-electron chi connectivity index (χ0n) is 11.3. The van der Waals surface area contributed by atoms with E-state index in [1.807, 2.05) is 6.92 Å². The number of hydrogen-bond acceptors (Lipinski definition) is 3. The van der Waals surface area contributed by atoms with Crippen LogP contribution >= 0.6 is 0 Å². The molecule has 1 saturated heterocycles. The van der Waals surface area contributed by atoms with E-state index in [0.29, 0.717) is 18.7 Å². The lowest BCUT2D eigenvalue weighted by Crippen LogP contribution is -2.50. The lowest BCUT2D eigenvalue weighted by molar-refractivity contribution is 0.0636. The first-order valence-corrected chi connectivity index (χ1v) is 6.37. The maximum Gasteiger partial charge on any atom is 0.254 e. The van der Waals surface area contributed by atoms with E-state index in [0.717, 1.165) is 12.8 Å². The third-order valence-corrected chi connectivity index (χ3v) is 3.83. The Morgan fingerprint density at radius 2 is 2.32 bits per heavy atom. The topological polar surface area (TPSA) is 55.6 Å². The van der Waals surface area contributed by atoms with Crippen molar-refractivity contribution in [3.05, 3.63) is 29.6 Å². The van der Waals surface area contributed by atoms with Gasteiger partial charge in [-0.3, -0.25) is 4.79 Å². The summed E-state index contributed by atoms with van der Waals surface area (Å²) >= 11 is 0. The average molecular weight is 266 g/mol. The van der Waals surface area contributed by atoms with Crippen molar-refractivity contribution in [1.29, 1.82) is 0 Å². The number of likely N-dealkylation sites (tertiary alicyclic amines) is 1. The molecule has 2 N–H and O–H groups in total. The maximum atomic E-state index is 13.7. The van der Waals surface area contributed by atoms with Crippen LogP contribution in [0.1, 0.15) is 30.1 Å². The molecule has 0 saturated carbocycles. The van der Waals surface area contributed by atoms with Crippen LogP contribution in [0.25, 0.3) is 0 Å². The minimum absolute atomic E-state index is 0.138. The minimum atomic E-state index is -0.526. The fourth-order valence-corrected chi connectivity index (χ4v) is 2.54. The van der Waals surface area contributed by atoms with Gasteiger partial charge in [0.2, 0.25) is 0 Å². The molecule has 104 valence electrons. The lowest BCUT2D eigenvalue weighted by Gasteiger charge is -2.34. The molecule has 0 radical (unpaired) electrons. The van der Waals surface area contributed by atoms with Crippen molar-refractivity contribution in [3.63, 3.8) is 0 Å². The van der Waals surface area contributed by atoms with Crippen molar-refractivity contribution in [2.75, 3.05) is 20.2 Å². The van der Waals surface area contributed by atoms with Gasteiger partial charge in [-0.15, -0.1) is 0 Å². The number of hydrogen-bond donors (Lipinski definition) is 1. The van der Waals surface area contributed by atoms with E-state index in [9.17, 15) is 9.18 Å². The van der Waals surface area contributed by atoms with Crippen molar-refractivity contribution in [3.8, 4) is 5.75 Å². The Bertz CT molecular complexity index is 492. The van der Waals surface area contributed by atoms with E-state index in [2.05, 4.69) is 0 Å². The quantitative estimate of drug-likeness (QED) is 0.907. The summed E-state index contributed by atoms with van der Waals surface area (Å²) in [7, 11) is 1.39. The number of ether oxygens (including phenoxy) is 1. The van der Waals surface area contributed by atoms with Crippen LogP contribution in [0.4, 0.5) is 4.39 Å². The van der Waals surface area contributed by atoms with Crippen LogP contribution in [-0.2, 0) is 0 Å². The summed E-state index contributed by atoms with van der Waals surface area (Å²) in [4.78, 5) is 14.2. The van der Waals surface area contributed by atoms with Crippen LogP contribution in [0.15, 0.2) is 18.2 Å². The van der Waals surface area contributed by atoms with Crippen molar-refractivity contribution >= 4 is 5.91 Å². The van der Waals surface area contributed by atoms with Crippen molar-refractivity contribution in [2.24, 2.45) is 5.73 Å². The minimum Gasteiger partial charge on any atom is -0.494 e. The molecule has 19 heavy (non-hydrogen) atoms. The van der Waals surface area contributed by atoms with Crippen LogP contribution in [0, 0.1) is 5.82 Å². The molecule has 0 bridgehead atoms. The maximum absolute atomic E-state index is 13.7. The van der Waals surface area contributed by atoms with Gasteiger partial charge in [0.25, 0.3) is 5.91 Å². The monoisotopic (exact) mass is 266 g/mol. The number of benzene rings is 1. The second-order valence-corrected chi connectivity index (χ2v) is 5.11. The molecule has 1 aliphatic heterocycles. The molecule has 1 fully saturated rings. The summed E-state index contributed by atoms with van der Waals surface area (Å²) in [6.45, 7) is 3.05. The number of nitrogens with two attached hydrogens (primary N) is 1. The number of carbonyl (C=O) groups excluding carboxylic acids is 1. The van der Waals surface area contributed by atoms with Crippen LogP contribution < -0.4 is 10.5 Å². The van der Waals surface area contributed by atoms with Gasteiger partial charge in [0, 0.05) is 18.7 Å². The van der Waals surface area contributed by atoms with Gasteiger partial charge < -0.3 is 15.4 Å². The molecule has 1 atom stereocenters. The standard InChI is InChI=1S/C14H19FN2O2/c1-14(9-16)6-3-7-17(14)13(18)10-4-5-12(19-2)11(15)8-10/h4-5,8H,3,6-7,9,16H2,1-2H3. The van der Waals surface area contributed by atoms with E-state index < -0.39 is 5.82 Å². The third-order valence-electron chi connectivity index (χ3n) is 3.83. The van der Waals surface area contributed by atoms with Crippen LogP contribution in [0.3, 0.4) is 0 Å². The molecule has 0 aromatic heterocycles. The first-order valence-electron chi connectivity index (χ1n) is 6.37. The van der Waals surface area contributed by atoms with Gasteiger partial charge in [-0.05, 0) is 38.0 Å². The van der Waals surface area contributed by atoms with Gasteiger partial charge in [-0.2, -0.15) is 0 Å². The molecule has 2 rings (SSSR count). The molecule has 0 spiro atoms. The summed E-state index contributed by atoms with van der Waals surface area (Å²) in [5, 5.41) is 0. The average Bonchev–Trinajstić information content (AvgIpc) is 2.80. The first kappa shape index (κ1) is 13.8. The molecule has 1 amide bonds.